The largest absolute Gasteiger partial charge is 0.479 e. The maximum absolute atomic E-state index is 14.2. The average Bonchev–Trinajstić information content (AvgIpc) is 3.16. The minimum Gasteiger partial charge on any atom is -0.479 e. The molecule has 42 heavy (non-hydrogen) atoms. The van der Waals surface area contributed by atoms with Crippen molar-refractivity contribution in [1.29, 1.82) is 0 Å². The zero-order valence-corrected chi connectivity index (χ0v) is 24.5. The maximum atomic E-state index is 14.2. The second-order valence-corrected chi connectivity index (χ2v) is 10.9. The molecule has 0 fully saturated rings. The highest BCUT2D eigenvalue weighted by Gasteiger charge is 2.38. The first-order chi connectivity index (χ1) is 19.7. The maximum Gasteiger partial charge on any atom is 0.420 e. The molecule has 0 saturated heterocycles. The number of alkyl halides is 3. The van der Waals surface area contributed by atoms with E-state index in [1.807, 2.05) is 32.9 Å². The molecule has 4 aromatic rings. The molecule has 0 aliphatic carbocycles. The van der Waals surface area contributed by atoms with Crippen LogP contribution in [0.4, 0.5) is 13.2 Å². The Morgan fingerprint density at radius 1 is 0.952 bits per heavy atom. The number of carbonyl (C=O) groups excluding carboxylic acids is 1. The quantitative estimate of drug-likeness (QED) is 0.212. The van der Waals surface area contributed by atoms with Crippen molar-refractivity contribution in [2.45, 2.75) is 72.3 Å². The molecule has 6 nitrogen and oxygen atoms in total. The van der Waals surface area contributed by atoms with Gasteiger partial charge in [0.15, 0.2) is 6.10 Å². The number of amides is 1. The molecule has 9 heteroatoms. The first kappa shape index (κ1) is 30.7. The zero-order valence-electron chi connectivity index (χ0n) is 24.5. The van der Waals surface area contributed by atoms with Gasteiger partial charge in [-0.05, 0) is 80.1 Å². The van der Waals surface area contributed by atoms with Crippen LogP contribution in [0.2, 0.25) is 0 Å². The number of aryl methyl sites for hydroxylation is 1. The molecule has 222 valence electrons. The first-order valence-electron chi connectivity index (χ1n) is 13.8. The van der Waals surface area contributed by atoms with E-state index in [2.05, 4.69) is 31.3 Å². The van der Waals surface area contributed by atoms with Crippen molar-refractivity contribution in [2.75, 3.05) is 0 Å². The van der Waals surface area contributed by atoms with Gasteiger partial charge in [0, 0.05) is 28.7 Å². The first-order valence-corrected chi connectivity index (χ1v) is 13.8. The molecule has 0 unspecified atom stereocenters. The second-order valence-electron chi connectivity index (χ2n) is 10.9. The fraction of sp³-hybridized carbons (Fsp3) is 0.333. The standard InChI is InChI=1S/C33H35F3N2O4/c1-18(2)23-9-7-10-24(15-23)20(4)37-31(39)25-13-14-28-27(16-25)19(3)21(5)38(28)17-26-11-8-12-29(30(26)33(34,35)36)42-22(6)32(40)41/h7-16,18,20,22H,17H2,1-6H3,(H,37,39)(H,40,41)/t20-,22-/m0/s1. The van der Waals surface area contributed by atoms with Crippen LogP contribution in [0.1, 0.15) is 83.5 Å². The summed E-state index contributed by atoms with van der Waals surface area (Å²) in [4.78, 5) is 24.5. The summed E-state index contributed by atoms with van der Waals surface area (Å²) in [6, 6.07) is 17.0. The Hall–Kier alpha value is -4.27. The van der Waals surface area contributed by atoms with E-state index in [0.717, 1.165) is 28.3 Å². The molecule has 1 amide bonds. The van der Waals surface area contributed by atoms with Gasteiger partial charge in [0.05, 0.1) is 6.04 Å². The van der Waals surface area contributed by atoms with Crippen molar-refractivity contribution < 1.29 is 32.6 Å². The molecular formula is C33H35F3N2O4. The lowest BCUT2D eigenvalue weighted by Gasteiger charge is -2.20. The number of hydrogen-bond donors (Lipinski definition) is 2. The zero-order chi connectivity index (χ0) is 30.9. The van der Waals surface area contributed by atoms with E-state index in [0.29, 0.717) is 17.0 Å². The summed E-state index contributed by atoms with van der Waals surface area (Å²) in [5.74, 6) is -1.79. The fourth-order valence-corrected chi connectivity index (χ4v) is 5.09. The highest BCUT2D eigenvalue weighted by atomic mass is 19.4. The Labute approximate surface area is 243 Å². The Morgan fingerprint density at radius 2 is 1.62 bits per heavy atom. The van der Waals surface area contributed by atoms with Crippen LogP contribution in [0.25, 0.3) is 10.9 Å². The molecule has 0 aliphatic rings. The van der Waals surface area contributed by atoms with Gasteiger partial charge in [-0.2, -0.15) is 13.2 Å². The molecule has 0 aliphatic heterocycles. The molecule has 1 aromatic heterocycles. The monoisotopic (exact) mass is 580 g/mol. The normalized spacial score (nSPS) is 13.3. The Morgan fingerprint density at radius 3 is 2.26 bits per heavy atom. The second kappa shape index (κ2) is 11.9. The Balaban J connectivity index is 1.66. The summed E-state index contributed by atoms with van der Waals surface area (Å²) in [5, 5.41) is 13.0. The molecule has 2 atom stereocenters. The average molecular weight is 581 g/mol. The smallest absolute Gasteiger partial charge is 0.420 e. The minimum absolute atomic E-state index is 0.0585. The lowest BCUT2D eigenvalue weighted by Crippen LogP contribution is -2.26. The number of rotatable bonds is 9. The van der Waals surface area contributed by atoms with Gasteiger partial charge >= 0.3 is 12.1 Å². The van der Waals surface area contributed by atoms with Crippen molar-refractivity contribution in [2.24, 2.45) is 0 Å². The van der Waals surface area contributed by atoms with Crippen molar-refractivity contribution in [3.63, 3.8) is 0 Å². The van der Waals surface area contributed by atoms with Gasteiger partial charge < -0.3 is 19.7 Å². The lowest BCUT2D eigenvalue weighted by molar-refractivity contribution is -0.147. The number of carbonyl (C=O) groups is 2. The number of carboxylic acid groups (broad SMARTS) is 1. The predicted molar refractivity (Wildman–Crippen MR) is 156 cm³/mol. The fourth-order valence-electron chi connectivity index (χ4n) is 5.09. The van der Waals surface area contributed by atoms with E-state index in [1.54, 1.807) is 22.8 Å². The third-order valence-electron chi connectivity index (χ3n) is 7.70. The topological polar surface area (TPSA) is 80.6 Å². The molecule has 0 bridgehead atoms. The third kappa shape index (κ3) is 6.30. The van der Waals surface area contributed by atoms with Crippen LogP contribution in [0, 0.1) is 13.8 Å². The summed E-state index contributed by atoms with van der Waals surface area (Å²) in [7, 11) is 0. The predicted octanol–water partition coefficient (Wildman–Crippen LogP) is 7.79. The van der Waals surface area contributed by atoms with Crippen LogP contribution in [-0.2, 0) is 17.5 Å². The number of halogens is 3. The van der Waals surface area contributed by atoms with Crippen molar-refractivity contribution in [3.8, 4) is 5.75 Å². The highest BCUT2D eigenvalue weighted by Crippen LogP contribution is 2.40. The van der Waals surface area contributed by atoms with Crippen LogP contribution in [0.3, 0.4) is 0 Å². The van der Waals surface area contributed by atoms with Crippen molar-refractivity contribution >= 4 is 22.8 Å². The molecule has 0 spiro atoms. The molecular weight excluding hydrogens is 545 g/mol. The van der Waals surface area contributed by atoms with E-state index >= 15 is 0 Å². The molecule has 1 heterocycles. The van der Waals surface area contributed by atoms with Crippen LogP contribution >= 0.6 is 0 Å². The summed E-state index contributed by atoms with van der Waals surface area (Å²) in [6.07, 6.45) is -6.23. The molecule has 0 saturated carbocycles. The van der Waals surface area contributed by atoms with Crippen LogP contribution in [0.15, 0.2) is 60.7 Å². The number of nitrogens with zero attached hydrogens (tertiary/aromatic N) is 1. The number of ether oxygens (including phenoxy) is 1. The van der Waals surface area contributed by atoms with E-state index in [-0.39, 0.29) is 24.1 Å². The van der Waals surface area contributed by atoms with Gasteiger partial charge in [0.25, 0.3) is 5.91 Å². The number of hydrogen-bond acceptors (Lipinski definition) is 3. The molecule has 0 radical (unpaired) electrons. The SMILES string of the molecule is Cc1c(C)n(Cc2cccc(O[C@@H](C)C(=O)O)c2C(F)(F)F)c2ccc(C(=O)N[C@@H](C)c3cccc(C(C)C)c3)cc12. The van der Waals surface area contributed by atoms with Crippen LogP contribution < -0.4 is 10.1 Å². The molecule has 4 rings (SSSR count). The van der Waals surface area contributed by atoms with E-state index in [4.69, 9.17) is 9.84 Å². The summed E-state index contributed by atoms with van der Waals surface area (Å²) in [6.45, 7) is 10.9. The number of nitrogens with one attached hydrogen (secondary N) is 1. The molecule has 2 N–H and O–H groups in total. The molecule has 3 aromatic carbocycles. The Bertz CT molecular complexity index is 1640. The van der Waals surface area contributed by atoms with E-state index in [1.165, 1.54) is 24.6 Å². The van der Waals surface area contributed by atoms with Gasteiger partial charge in [-0.15, -0.1) is 0 Å². The number of benzene rings is 3. The minimum atomic E-state index is -4.77. The van der Waals surface area contributed by atoms with E-state index in [9.17, 15) is 22.8 Å². The number of aromatic nitrogens is 1. The summed E-state index contributed by atoms with van der Waals surface area (Å²) < 4.78 is 49.6. The van der Waals surface area contributed by atoms with Crippen LogP contribution in [-0.4, -0.2) is 27.7 Å². The van der Waals surface area contributed by atoms with Crippen molar-refractivity contribution in [3.05, 3.63) is 99.7 Å². The van der Waals surface area contributed by atoms with Gasteiger partial charge in [-0.3, -0.25) is 4.79 Å². The van der Waals surface area contributed by atoms with E-state index < -0.39 is 29.6 Å². The highest BCUT2D eigenvalue weighted by molar-refractivity contribution is 5.99. The lowest BCUT2D eigenvalue weighted by atomic mass is 9.98. The van der Waals surface area contributed by atoms with Gasteiger partial charge in [-0.25, -0.2) is 4.79 Å². The Kier molecular flexibility index (Phi) is 8.71. The van der Waals surface area contributed by atoms with Gasteiger partial charge in [-0.1, -0.05) is 50.2 Å². The summed E-state index contributed by atoms with van der Waals surface area (Å²) in [5.41, 5.74) is 3.84. The van der Waals surface area contributed by atoms with Gasteiger partial charge in [0.1, 0.15) is 11.3 Å². The van der Waals surface area contributed by atoms with Crippen molar-refractivity contribution in [1.82, 2.24) is 9.88 Å². The third-order valence-corrected chi connectivity index (χ3v) is 7.70. The number of carboxylic acids is 1. The number of fused-ring (bicyclic) bond motifs is 1. The van der Waals surface area contributed by atoms with Crippen LogP contribution in [0.5, 0.6) is 5.75 Å². The summed E-state index contributed by atoms with van der Waals surface area (Å²) >= 11 is 0. The van der Waals surface area contributed by atoms with Gasteiger partial charge in [0.2, 0.25) is 0 Å². The number of aliphatic carboxylic acids is 1.